The number of rotatable bonds is 6. The van der Waals surface area contributed by atoms with Crippen molar-refractivity contribution >= 4 is 0 Å². The number of nitrogens with one attached hydrogen (secondary N) is 1. The van der Waals surface area contributed by atoms with E-state index in [2.05, 4.69) is 57.3 Å². The zero-order chi connectivity index (χ0) is 14.5. The predicted octanol–water partition coefficient (Wildman–Crippen LogP) is 4.89. The lowest BCUT2D eigenvalue weighted by molar-refractivity contribution is 0.403. The van der Waals surface area contributed by atoms with Gasteiger partial charge in [-0.15, -0.1) is 0 Å². The second kappa shape index (κ2) is 6.76. The number of benzene rings is 1. The molecule has 2 nitrogen and oxygen atoms in total. The number of furan rings is 1. The van der Waals surface area contributed by atoms with Crippen molar-refractivity contribution in [2.24, 2.45) is 5.92 Å². The maximum Gasteiger partial charge on any atom is 0.120 e. The number of hydrogen-bond donors (Lipinski definition) is 1. The largest absolute Gasteiger partial charge is 0.468 e. The summed E-state index contributed by atoms with van der Waals surface area (Å²) in [6, 6.07) is 13.4. The normalized spacial score (nSPS) is 14.4. The van der Waals surface area contributed by atoms with E-state index < -0.39 is 0 Å². The summed E-state index contributed by atoms with van der Waals surface area (Å²) in [4.78, 5) is 0. The second-order valence-electron chi connectivity index (χ2n) is 5.97. The van der Waals surface area contributed by atoms with Gasteiger partial charge in [-0.3, -0.25) is 0 Å². The molecule has 2 unspecified atom stereocenters. The molecule has 2 atom stereocenters. The maximum absolute atomic E-state index is 5.43. The molecule has 1 aromatic carbocycles. The van der Waals surface area contributed by atoms with Crippen LogP contribution in [0.2, 0.25) is 0 Å². The van der Waals surface area contributed by atoms with Crippen LogP contribution in [0.5, 0.6) is 0 Å². The Labute approximate surface area is 122 Å². The van der Waals surface area contributed by atoms with Crippen molar-refractivity contribution in [2.45, 2.75) is 46.2 Å². The van der Waals surface area contributed by atoms with Crippen LogP contribution in [0.25, 0.3) is 0 Å². The van der Waals surface area contributed by atoms with E-state index in [1.54, 1.807) is 6.26 Å². The first-order valence-electron chi connectivity index (χ1n) is 7.44. The van der Waals surface area contributed by atoms with Crippen LogP contribution in [0.3, 0.4) is 0 Å². The molecule has 0 fully saturated rings. The van der Waals surface area contributed by atoms with E-state index >= 15 is 0 Å². The molecule has 2 heteroatoms. The predicted molar refractivity (Wildman–Crippen MR) is 83.7 cm³/mol. The third-order valence-corrected chi connectivity index (χ3v) is 3.59. The third-order valence-electron chi connectivity index (χ3n) is 3.59. The summed E-state index contributed by atoms with van der Waals surface area (Å²) in [5.41, 5.74) is 2.73. The van der Waals surface area contributed by atoms with Crippen LogP contribution in [-0.2, 0) is 6.42 Å². The summed E-state index contributed by atoms with van der Waals surface area (Å²) in [6.45, 7) is 8.83. The molecule has 108 valence electrons. The van der Waals surface area contributed by atoms with Gasteiger partial charge in [0.05, 0.1) is 12.3 Å². The van der Waals surface area contributed by atoms with E-state index in [-0.39, 0.29) is 6.04 Å². The molecule has 1 aromatic heterocycles. The lowest BCUT2D eigenvalue weighted by Gasteiger charge is -2.19. The molecular formula is C18H25NO. The van der Waals surface area contributed by atoms with Gasteiger partial charge in [0.2, 0.25) is 0 Å². The first-order chi connectivity index (χ1) is 9.56. The van der Waals surface area contributed by atoms with Crippen molar-refractivity contribution in [1.82, 2.24) is 5.32 Å². The highest BCUT2D eigenvalue weighted by molar-refractivity contribution is 5.25. The summed E-state index contributed by atoms with van der Waals surface area (Å²) in [6.07, 6.45) is 2.86. The van der Waals surface area contributed by atoms with E-state index in [0.29, 0.717) is 12.0 Å². The molecule has 1 heterocycles. The SMILES string of the molecule is CC(C)Cc1ccc(C(C)NC(C)c2ccco2)cc1. The van der Waals surface area contributed by atoms with Crippen molar-refractivity contribution in [3.63, 3.8) is 0 Å². The minimum Gasteiger partial charge on any atom is -0.468 e. The summed E-state index contributed by atoms with van der Waals surface area (Å²) in [5.74, 6) is 1.68. The maximum atomic E-state index is 5.43. The van der Waals surface area contributed by atoms with Crippen molar-refractivity contribution in [1.29, 1.82) is 0 Å². The van der Waals surface area contributed by atoms with E-state index in [1.807, 2.05) is 12.1 Å². The molecule has 0 aliphatic heterocycles. The standard InChI is InChI=1S/C18H25NO/c1-13(2)12-16-7-9-17(10-8-16)14(3)19-15(4)18-6-5-11-20-18/h5-11,13-15,19H,12H2,1-4H3. The van der Waals surface area contributed by atoms with Crippen molar-refractivity contribution in [2.75, 3.05) is 0 Å². The first kappa shape index (κ1) is 14.9. The minimum absolute atomic E-state index is 0.218. The van der Waals surface area contributed by atoms with Crippen LogP contribution in [0, 0.1) is 5.92 Å². The molecule has 0 spiro atoms. The average molecular weight is 271 g/mol. The van der Waals surface area contributed by atoms with Gasteiger partial charge in [-0.2, -0.15) is 0 Å². The molecule has 0 aliphatic carbocycles. The van der Waals surface area contributed by atoms with Crippen molar-refractivity contribution < 1.29 is 4.42 Å². The molecule has 2 rings (SSSR count). The lowest BCUT2D eigenvalue weighted by Crippen LogP contribution is -2.22. The van der Waals surface area contributed by atoms with Crippen LogP contribution in [0.15, 0.2) is 47.1 Å². The van der Waals surface area contributed by atoms with Crippen LogP contribution < -0.4 is 5.32 Å². The van der Waals surface area contributed by atoms with Crippen molar-refractivity contribution in [3.05, 3.63) is 59.5 Å². The Bertz CT molecular complexity index is 499. The zero-order valence-corrected chi connectivity index (χ0v) is 12.9. The Morgan fingerprint density at radius 2 is 1.65 bits per heavy atom. The Hall–Kier alpha value is -1.54. The second-order valence-corrected chi connectivity index (χ2v) is 5.97. The van der Waals surface area contributed by atoms with Gasteiger partial charge in [-0.25, -0.2) is 0 Å². The fourth-order valence-corrected chi connectivity index (χ4v) is 2.50. The molecule has 2 aromatic rings. The van der Waals surface area contributed by atoms with Gasteiger partial charge in [0.25, 0.3) is 0 Å². The average Bonchev–Trinajstić information content (AvgIpc) is 2.92. The van der Waals surface area contributed by atoms with Gasteiger partial charge in [-0.1, -0.05) is 38.1 Å². The van der Waals surface area contributed by atoms with Crippen LogP contribution >= 0.6 is 0 Å². The van der Waals surface area contributed by atoms with E-state index in [1.165, 1.54) is 11.1 Å². The molecule has 0 radical (unpaired) electrons. The molecule has 0 saturated carbocycles. The van der Waals surface area contributed by atoms with Crippen LogP contribution in [-0.4, -0.2) is 0 Å². The summed E-state index contributed by atoms with van der Waals surface area (Å²) >= 11 is 0. The van der Waals surface area contributed by atoms with Gasteiger partial charge in [-0.05, 0) is 49.4 Å². The smallest absolute Gasteiger partial charge is 0.120 e. The highest BCUT2D eigenvalue weighted by Gasteiger charge is 2.13. The molecule has 0 aliphatic rings. The van der Waals surface area contributed by atoms with Gasteiger partial charge in [0.15, 0.2) is 0 Å². The Morgan fingerprint density at radius 3 is 2.20 bits per heavy atom. The molecular weight excluding hydrogens is 246 g/mol. The highest BCUT2D eigenvalue weighted by Crippen LogP contribution is 2.20. The van der Waals surface area contributed by atoms with Gasteiger partial charge < -0.3 is 9.73 Å². The fourth-order valence-electron chi connectivity index (χ4n) is 2.50. The van der Waals surface area contributed by atoms with Crippen LogP contribution in [0.4, 0.5) is 0 Å². The monoisotopic (exact) mass is 271 g/mol. The summed E-state index contributed by atoms with van der Waals surface area (Å²) in [5, 5.41) is 3.57. The summed E-state index contributed by atoms with van der Waals surface area (Å²) in [7, 11) is 0. The Balaban J connectivity index is 1.97. The molecule has 20 heavy (non-hydrogen) atoms. The Morgan fingerprint density at radius 1 is 0.950 bits per heavy atom. The molecule has 0 bridgehead atoms. The van der Waals surface area contributed by atoms with Gasteiger partial charge >= 0.3 is 0 Å². The van der Waals surface area contributed by atoms with E-state index in [4.69, 9.17) is 4.42 Å². The Kier molecular flexibility index (Phi) is 5.02. The molecule has 0 saturated heterocycles. The first-order valence-corrected chi connectivity index (χ1v) is 7.44. The van der Waals surface area contributed by atoms with Crippen LogP contribution in [0.1, 0.15) is 56.7 Å². The summed E-state index contributed by atoms with van der Waals surface area (Å²) < 4.78 is 5.43. The topological polar surface area (TPSA) is 25.2 Å². The lowest BCUT2D eigenvalue weighted by atomic mass is 9.99. The number of hydrogen-bond acceptors (Lipinski definition) is 2. The quantitative estimate of drug-likeness (QED) is 0.809. The zero-order valence-electron chi connectivity index (χ0n) is 12.9. The highest BCUT2D eigenvalue weighted by atomic mass is 16.3. The van der Waals surface area contributed by atoms with Gasteiger partial charge in [0, 0.05) is 6.04 Å². The molecule has 0 amide bonds. The van der Waals surface area contributed by atoms with Crippen molar-refractivity contribution in [3.8, 4) is 0 Å². The van der Waals surface area contributed by atoms with E-state index in [0.717, 1.165) is 12.2 Å². The third kappa shape index (κ3) is 3.97. The minimum atomic E-state index is 0.218. The van der Waals surface area contributed by atoms with Gasteiger partial charge in [0.1, 0.15) is 5.76 Å². The fraction of sp³-hybridized carbons (Fsp3) is 0.444. The molecule has 1 N–H and O–H groups in total. The van der Waals surface area contributed by atoms with E-state index in [9.17, 15) is 0 Å².